The van der Waals surface area contributed by atoms with Crippen LogP contribution in [-0.2, 0) is 6.18 Å². The number of nitrogens with zero attached hydrogens (tertiary/aromatic N) is 4. The third-order valence-corrected chi connectivity index (χ3v) is 3.61. The molecule has 124 valence electrons. The molecule has 0 aliphatic carbocycles. The Morgan fingerprint density at radius 3 is 2.48 bits per heavy atom. The van der Waals surface area contributed by atoms with Crippen LogP contribution in [0.3, 0.4) is 0 Å². The lowest BCUT2D eigenvalue weighted by molar-refractivity contribution is -0.141. The number of anilines is 1. The van der Waals surface area contributed by atoms with Crippen molar-refractivity contribution in [2.24, 2.45) is 0 Å². The zero-order valence-corrected chi connectivity index (χ0v) is 11.9. The Morgan fingerprint density at radius 1 is 1.22 bits per heavy atom. The molecule has 23 heavy (non-hydrogen) atoms. The number of halogens is 6. The largest absolute Gasteiger partial charge is 0.434 e. The van der Waals surface area contributed by atoms with Gasteiger partial charge in [-0.15, -0.1) is 0 Å². The van der Waals surface area contributed by atoms with Gasteiger partial charge in [0.05, 0.1) is 10.9 Å². The maximum atomic E-state index is 12.8. The van der Waals surface area contributed by atoms with Crippen LogP contribution >= 0.6 is 11.6 Å². The molecule has 0 radical (unpaired) electrons. The number of pyridine rings is 1. The van der Waals surface area contributed by atoms with Crippen molar-refractivity contribution in [3.63, 3.8) is 0 Å². The smallest absolute Gasteiger partial charge is 0.355 e. The molecule has 0 N–H and O–H groups in total. The molecule has 0 unspecified atom stereocenters. The number of rotatable bonds is 3. The summed E-state index contributed by atoms with van der Waals surface area (Å²) in [6.07, 6.45) is -7.49. The maximum absolute atomic E-state index is 12.8. The maximum Gasteiger partial charge on any atom is 0.434 e. The topological polar surface area (TPSA) is 55.1 Å². The summed E-state index contributed by atoms with van der Waals surface area (Å²) < 4.78 is 67.8. The Bertz CT molecular complexity index is 714. The van der Waals surface area contributed by atoms with Gasteiger partial charge in [0.15, 0.2) is 5.69 Å². The second-order valence-corrected chi connectivity index (χ2v) is 5.30. The third kappa shape index (κ3) is 3.07. The van der Waals surface area contributed by atoms with Crippen LogP contribution < -0.4 is 4.90 Å². The predicted molar refractivity (Wildman–Crippen MR) is 68.5 cm³/mol. The normalized spacial score (nSPS) is 16.0. The van der Waals surface area contributed by atoms with E-state index < -0.39 is 29.1 Å². The van der Waals surface area contributed by atoms with E-state index in [2.05, 4.69) is 15.1 Å². The average molecular weight is 355 g/mol. The van der Waals surface area contributed by atoms with E-state index in [1.165, 1.54) is 11.0 Å². The fourth-order valence-corrected chi connectivity index (χ4v) is 2.34. The van der Waals surface area contributed by atoms with Crippen LogP contribution in [0.25, 0.3) is 0 Å². The first-order valence-corrected chi connectivity index (χ1v) is 6.74. The standard InChI is InChI=1S/C12H8ClF5N4O/c13-6-1-2-7(19-8(6)12(16,17)18)22-3-5(4-22)11-20-10(9(14)15)21-23-11/h1-2,5,9H,3-4H2. The molecule has 0 saturated carbocycles. The highest BCUT2D eigenvalue weighted by Crippen LogP contribution is 2.36. The monoisotopic (exact) mass is 354 g/mol. The van der Waals surface area contributed by atoms with Crippen LogP contribution in [0.1, 0.15) is 29.8 Å². The molecule has 0 bridgehead atoms. The highest BCUT2D eigenvalue weighted by atomic mass is 35.5. The quantitative estimate of drug-likeness (QED) is 0.787. The molecular weight excluding hydrogens is 347 g/mol. The molecule has 1 saturated heterocycles. The zero-order valence-electron chi connectivity index (χ0n) is 11.2. The number of alkyl halides is 5. The van der Waals surface area contributed by atoms with Gasteiger partial charge in [-0.2, -0.15) is 18.2 Å². The summed E-state index contributed by atoms with van der Waals surface area (Å²) in [5.74, 6) is -0.919. The van der Waals surface area contributed by atoms with Crippen molar-refractivity contribution in [3.05, 3.63) is 34.6 Å². The summed E-state index contributed by atoms with van der Waals surface area (Å²) in [4.78, 5) is 8.59. The van der Waals surface area contributed by atoms with E-state index in [9.17, 15) is 22.0 Å². The van der Waals surface area contributed by atoms with Crippen LogP contribution in [0.5, 0.6) is 0 Å². The Morgan fingerprint density at radius 2 is 1.91 bits per heavy atom. The molecule has 3 rings (SSSR count). The zero-order chi connectivity index (χ0) is 16.8. The van der Waals surface area contributed by atoms with Gasteiger partial charge in [0, 0.05) is 13.1 Å². The van der Waals surface area contributed by atoms with Crippen molar-refractivity contribution in [3.8, 4) is 0 Å². The van der Waals surface area contributed by atoms with Crippen molar-refractivity contribution in [2.45, 2.75) is 18.5 Å². The van der Waals surface area contributed by atoms with Gasteiger partial charge >= 0.3 is 12.6 Å². The van der Waals surface area contributed by atoms with Crippen molar-refractivity contribution < 1.29 is 26.5 Å². The van der Waals surface area contributed by atoms with Gasteiger partial charge in [0.2, 0.25) is 11.7 Å². The van der Waals surface area contributed by atoms with Gasteiger partial charge in [-0.05, 0) is 12.1 Å². The molecular formula is C12H8ClF5N4O. The fraction of sp³-hybridized carbons (Fsp3) is 0.417. The minimum atomic E-state index is -4.66. The molecule has 0 atom stereocenters. The van der Waals surface area contributed by atoms with Crippen molar-refractivity contribution in [1.82, 2.24) is 15.1 Å². The summed E-state index contributed by atoms with van der Waals surface area (Å²) in [5, 5.41) is 2.65. The number of hydrogen-bond acceptors (Lipinski definition) is 5. The molecule has 1 aliphatic rings. The predicted octanol–water partition coefficient (Wildman–Crippen LogP) is 3.68. The molecule has 11 heteroatoms. The summed E-state index contributed by atoms with van der Waals surface area (Å²) in [7, 11) is 0. The number of hydrogen-bond donors (Lipinski definition) is 0. The van der Waals surface area contributed by atoms with Gasteiger partial charge in [-0.25, -0.2) is 13.8 Å². The van der Waals surface area contributed by atoms with Crippen LogP contribution in [0.15, 0.2) is 16.7 Å². The first-order valence-electron chi connectivity index (χ1n) is 6.36. The average Bonchev–Trinajstić information content (AvgIpc) is 2.87. The van der Waals surface area contributed by atoms with Crippen molar-refractivity contribution >= 4 is 17.4 Å². The summed E-state index contributed by atoms with van der Waals surface area (Å²) >= 11 is 5.50. The van der Waals surface area contributed by atoms with Gasteiger partial charge < -0.3 is 9.42 Å². The fourth-order valence-electron chi connectivity index (χ4n) is 2.13. The Hall–Kier alpha value is -1.97. The second-order valence-electron chi connectivity index (χ2n) is 4.89. The Labute approximate surface area is 131 Å². The van der Waals surface area contributed by atoms with Gasteiger partial charge in [-0.1, -0.05) is 16.8 Å². The molecule has 3 heterocycles. The van der Waals surface area contributed by atoms with Crippen LogP contribution in [0.2, 0.25) is 5.02 Å². The highest BCUT2D eigenvalue weighted by molar-refractivity contribution is 6.31. The van der Waals surface area contributed by atoms with Crippen molar-refractivity contribution in [2.75, 3.05) is 18.0 Å². The van der Waals surface area contributed by atoms with E-state index in [4.69, 9.17) is 16.1 Å². The van der Waals surface area contributed by atoms with E-state index in [0.717, 1.165) is 6.07 Å². The Balaban J connectivity index is 1.72. The molecule has 0 amide bonds. The van der Waals surface area contributed by atoms with Crippen LogP contribution in [0, 0.1) is 0 Å². The van der Waals surface area contributed by atoms with E-state index in [0.29, 0.717) is 0 Å². The minimum absolute atomic E-state index is 0.0292. The molecule has 0 aromatic carbocycles. The van der Waals surface area contributed by atoms with E-state index in [1.54, 1.807) is 0 Å². The van der Waals surface area contributed by atoms with Gasteiger partial charge in [-0.3, -0.25) is 0 Å². The third-order valence-electron chi connectivity index (χ3n) is 3.31. The molecule has 1 aliphatic heterocycles. The van der Waals surface area contributed by atoms with Crippen LogP contribution in [0.4, 0.5) is 27.8 Å². The lowest BCUT2D eigenvalue weighted by Crippen LogP contribution is -2.45. The molecule has 5 nitrogen and oxygen atoms in total. The molecule has 2 aromatic rings. The van der Waals surface area contributed by atoms with E-state index >= 15 is 0 Å². The highest BCUT2D eigenvalue weighted by Gasteiger charge is 2.38. The Kier molecular flexibility index (Phi) is 3.86. The van der Waals surface area contributed by atoms with E-state index in [1.807, 2.05) is 0 Å². The van der Waals surface area contributed by atoms with E-state index in [-0.39, 0.29) is 30.7 Å². The first-order chi connectivity index (χ1) is 10.8. The lowest BCUT2D eigenvalue weighted by atomic mass is 10.0. The van der Waals surface area contributed by atoms with Gasteiger partial charge in [0.1, 0.15) is 5.82 Å². The van der Waals surface area contributed by atoms with Gasteiger partial charge in [0.25, 0.3) is 0 Å². The molecule has 1 fully saturated rings. The minimum Gasteiger partial charge on any atom is -0.355 e. The molecule has 2 aromatic heterocycles. The lowest BCUT2D eigenvalue weighted by Gasteiger charge is -2.38. The number of aromatic nitrogens is 3. The summed E-state index contributed by atoms with van der Waals surface area (Å²) in [6, 6.07) is 2.47. The van der Waals surface area contributed by atoms with Crippen LogP contribution in [-0.4, -0.2) is 28.2 Å². The summed E-state index contributed by atoms with van der Waals surface area (Å²) in [5.41, 5.74) is -1.17. The molecule has 0 spiro atoms. The SMILES string of the molecule is FC(F)c1noc(C2CN(c3ccc(Cl)c(C(F)(F)F)n3)C2)n1. The summed E-state index contributed by atoms with van der Waals surface area (Å²) in [6.45, 7) is 0.466. The second kappa shape index (κ2) is 5.59. The first kappa shape index (κ1) is 15.9. The van der Waals surface area contributed by atoms with Crippen molar-refractivity contribution in [1.29, 1.82) is 0 Å².